The minimum absolute atomic E-state index is 0.0146. The SMILES string of the molecule is CCC(CCC(=O)Nc1ccc(OCCCc2nc3c(Oc4ccc(C)cc4)c(C(C)(C)C)[nH]n3n2)cc1)CCC(C)(CC)C(=O)OC. The molecule has 0 aliphatic carbocycles. The van der Waals surface area contributed by atoms with Crippen molar-refractivity contribution >= 4 is 23.2 Å². The number of nitrogens with one attached hydrogen (secondary N) is 2. The van der Waals surface area contributed by atoms with Crippen LogP contribution in [0.4, 0.5) is 5.69 Å². The van der Waals surface area contributed by atoms with Crippen LogP contribution in [0.15, 0.2) is 48.5 Å². The minimum Gasteiger partial charge on any atom is -0.494 e. The lowest BCUT2D eigenvalue weighted by Gasteiger charge is -2.27. The number of esters is 1. The van der Waals surface area contributed by atoms with E-state index in [0.29, 0.717) is 42.6 Å². The average molecular weight is 660 g/mol. The zero-order valence-electron chi connectivity index (χ0n) is 29.9. The molecule has 0 fully saturated rings. The number of fused-ring (bicyclic) bond motifs is 1. The number of aromatic nitrogens is 4. The van der Waals surface area contributed by atoms with Crippen LogP contribution in [0.1, 0.15) is 104 Å². The Morgan fingerprint density at radius 2 is 1.67 bits per heavy atom. The van der Waals surface area contributed by atoms with Crippen LogP contribution >= 0.6 is 0 Å². The summed E-state index contributed by atoms with van der Waals surface area (Å²) in [5, 5.41) is 11.0. The van der Waals surface area contributed by atoms with Gasteiger partial charge in [-0.3, -0.25) is 14.7 Å². The number of anilines is 1. The molecule has 0 bridgehead atoms. The van der Waals surface area contributed by atoms with E-state index < -0.39 is 5.41 Å². The lowest BCUT2D eigenvalue weighted by atomic mass is 9.79. The van der Waals surface area contributed by atoms with E-state index in [4.69, 9.17) is 19.2 Å². The summed E-state index contributed by atoms with van der Waals surface area (Å²) in [6, 6.07) is 15.4. The summed E-state index contributed by atoms with van der Waals surface area (Å²) in [7, 11) is 1.44. The normalized spacial score (nSPS) is 13.6. The van der Waals surface area contributed by atoms with Gasteiger partial charge in [-0.25, -0.2) is 4.98 Å². The van der Waals surface area contributed by atoms with Gasteiger partial charge in [0, 0.05) is 23.9 Å². The first kappa shape index (κ1) is 36.5. The number of nitrogens with zero attached hydrogens (tertiary/aromatic N) is 3. The Bertz CT molecular complexity index is 1630. The predicted octanol–water partition coefficient (Wildman–Crippen LogP) is 8.58. The smallest absolute Gasteiger partial charge is 0.311 e. The maximum atomic E-state index is 12.7. The van der Waals surface area contributed by atoms with Gasteiger partial charge < -0.3 is 19.5 Å². The van der Waals surface area contributed by atoms with Crippen LogP contribution in [0.5, 0.6) is 17.2 Å². The first-order valence-electron chi connectivity index (χ1n) is 17.2. The van der Waals surface area contributed by atoms with Crippen LogP contribution < -0.4 is 14.8 Å². The third-order valence-electron chi connectivity index (χ3n) is 9.16. The van der Waals surface area contributed by atoms with Crippen LogP contribution in [0.25, 0.3) is 5.65 Å². The molecule has 0 radical (unpaired) electrons. The number of methoxy groups -OCH3 is 1. The van der Waals surface area contributed by atoms with E-state index in [0.717, 1.165) is 61.4 Å². The third kappa shape index (κ3) is 9.61. The molecule has 260 valence electrons. The Morgan fingerprint density at radius 3 is 2.29 bits per heavy atom. The molecule has 0 aliphatic rings. The zero-order chi connectivity index (χ0) is 34.9. The average Bonchev–Trinajstić information content (AvgIpc) is 3.62. The number of carbonyl (C=O) groups excluding carboxylic acids is 2. The van der Waals surface area contributed by atoms with E-state index in [-0.39, 0.29) is 17.3 Å². The van der Waals surface area contributed by atoms with Gasteiger partial charge in [0.25, 0.3) is 0 Å². The number of H-pyrrole nitrogens is 1. The van der Waals surface area contributed by atoms with Crippen molar-refractivity contribution in [2.45, 2.75) is 105 Å². The number of rotatable bonds is 17. The quantitative estimate of drug-likeness (QED) is 0.0861. The molecule has 48 heavy (non-hydrogen) atoms. The van der Waals surface area contributed by atoms with E-state index in [1.165, 1.54) is 12.7 Å². The van der Waals surface area contributed by atoms with Gasteiger partial charge in [-0.2, -0.15) is 0 Å². The minimum atomic E-state index is -0.475. The molecule has 10 nitrogen and oxygen atoms in total. The number of amides is 1. The van der Waals surface area contributed by atoms with Gasteiger partial charge in [0.05, 0.1) is 24.8 Å². The predicted molar refractivity (Wildman–Crippen MR) is 189 cm³/mol. The van der Waals surface area contributed by atoms with Gasteiger partial charge in [0.2, 0.25) is 11.6 Å². The molecule has 2 N–H and O–H groups in total. The van der Waals surface area contributed by atoms with Crippen molar-refractivity contribution in [3.63, 3.8) is 0 Å². The van der Waals surface area contributed by atoms with Crippen LogP contribution in [-0.4, -0.2) is 45.4 Å². The highest BCUT2D eigenvalue weighted by Gasteiger charge is 2.32. The highest BCUT2D eigenvalue weighted by Crippen LogP contribution is 2.37. The molecular formula is C38H53N5O5. The molecule has 2 unspecified atom stereocenters. The second-order valence-corrected chi connectivity index (χ2v) is 14.0. The fourth-order valence-electron chi connectivity index (χ4n) is 5.64. The molecule has 0 aliphatic heterocycles. The Kier molecular flexibility index (Phi) is 12.3. The van der Waals surface area contributed by atoms with E-state index in [1.807, 2.05) is 69.3 Å². The number of aryl methyl sites for hydroxylation is 2. The maximum Gasteiger partial charge on any atom is 0.311 e. The number of benzene rings is 2. The molecule has 10 heteroatoms. The second-order valence-electron chi connectivity index (χ2n) is 14.0. The number of hydrogen-bond donors (Lipinski definition) is 2. The van der Waals surface area contributed by atoms with E-state index in [1.54, 1.807) is 4.63 Å². The molecular weight excluding hydrogens is 606 g/mol. The highest BCUT2D eigenvalue weighted by molar-refractivity contribution is 5.90. The van der Waals surface area contributed by atoms with Crippen LogP contribution in [0.3, 0.4) is 0 Å². The fraction of sp³-hybridized carbons (Fsp3) is 0.526. The molecule has 4 rings (SSSR count). The molecule has 1 amide bonds. The Hall–Kier alpha value is -4.34. The van der Waals surface area contributed by atoms with E-state index in [2.05, 4.69) is 43.2 Å². The second kappa shape index (κ2) is 16.2. The molecule has 0 spiro atoms. The summed E-state index contributed by atoms with van der Waals surface area (Å²) >= 11 is 0. The van der Waals surface area contributed by atoms with Crippen molar-refractivity contribution in [2.24, 2.45) is 11.3 Å². The van der Waals surface area contributed by atoms with Crippen LogP contribution in [0.2, 0.25) is 0 Å². The summed E-state index contributed by atoms with van der Waals surface area (Å²) in [4.78, 5) is 29.7. The largest absolute Gasteiger partial charge is 0.494 e. The summed E-state index contributed by atoms with van der Waals surface area (Å²) in [6.45, 7) is 15.0. The molecule has 2 aromatic carbocycles. The van der Waals surface area contributed by atoms with Crippen molar-refractivity contribution in [3.05, 3.63) is 65.6 Å². The van der Waals surface area contributed by atoms with Gasteiger partial charge in [0.15, 0.2) is 11.6 Å². The molecule has 4 aromatic rings. The Labute approximate surface area is 284 Å². The monoisotopic (exact) mass is 659 g/mol. The molecule has 2 aromatic heterocycles. The lowest BCUT2D eigenvalue weighted by molar-refractivity contribution is -0.152. The van der Waals surface area contributed by atoms with Crippen molar-refractivity contribution in [3.8, 4) is 17.2 Å². The Morgan fingerprint density at radius 1 is 0.979 bits per heavy atom. The summed E-state index contributed by atoms with van der Waals surface area (Å²) < 4.78 is 19.0. The molecule has 0 saturated heterocycles. The first-order valence-corrected chi connectivity index (χ1v) is 17.2. The van der Waals surface area contributed by atoms with Crippen molar-refractivity contribution in [1.82, 2.24) is 19.8 Å². The van der Waals surface area contributed by atoms with Gasteiger partial charge in [0.1, 0.15) is 11.5 Å². The van der Waals surface area contributed by atoms with E-state index >= 15 is 0 Å². The van der Waals surface area contributed by atoms with Gasteiger partial charge >= 0.3 is 5.97 Å². The lowest BCUT2D eigenvalue weighted by Crippen LogP contribution is -2.29. The highest BCUT2D eigenvalue weighted by atomic mass is 16.5. The molecule has 0 saturated carbocycles. The fourth-order valence-corrected chi connectivity index (χ4v) is 5.64. The van der Waals surface area contributed by atoms with Crippen molar-refractivity contribution < 1.29 is 23.8 Å². The Balaban J connectivity index is 1.23. The number of aromatic amines is 1. The third-order valence-corrected chi connectivity index (χ3v) is 9.16. The molecule has 2 heterocycles. The van der Waals surface area contributed by atoms with Gasteiger partial charge in [-0.15, -0.1) is 9.73 Å². The summed E-state index contributed by atoms with van der Waals surface area (Å²) in [5.74, 6) is 3.09. The van der Waals surface area contributed by atoms with Crippen molar-refractivity contribution in [1.29, 1.82) is 0 Å². The van der Waals surface area contributed by atoms with Crippen LogP contribution in [-0.2, 0) is 26.2 Å². The van der Waals surface area contributed by atoms with Gasteiger partial charge in [-0.1, -0.05) is 58.7 Å². The summed E-state index contributed by atoms with van der Waals surface area (Å²) in [6.07, 6.45) is 5.96. The molecule has 2 atom stereocenters. The van der Waals surface area contributed by atoms with Gasteiger partial charge in [-0.05, 0) is 88.3 Å². The number of hydrogen-bond acceptors (Lipinski definition) is 7. The van der Waals surface area contributed by atoms with Crippen LogP contribution in [0, 0.1) is 18.3 Å². The number of ether oxygens (including phenoxy) is 3. The zero-order valence-corrected chi connectivity index (χ0v) is 29.9. The maximum absolute atomic E-state index is 12.7. The number of carbonyl (C=O) groups is 2. The summed E-state index contributed by atoms with van der Waals surface area (Å²) in [5.41, 5.74) is 2.85. The van der Waals surface area contributed by atoms with E-state index in [9.17, 15) is 9.59 Å². The topological polar surface area (TPSA) is 120 Å². The standard InChI is InChI=1S/C38H53N5O5/c1-9-27(23-24-38(7,10-2)36(45)46-8)15-22-32(44)39-28-16-20-29(21-17-28)47-25-11-12-31-40-35-33(48-30-18-13-26(3)14-19-30)34(37(4,5)6)42-43(35)41-31/h13-14,16-21,27,42H,9-12,15,22-25H2,1-8H3,(H,39,44). The first-order chi connectivity index (χ1) is 22.8. The van der Waals surface area contributed by atoms with Crippen molar-refractivity contribution in [2.75, 3.05) is 19.0 Å².